The molecule has 0 aromatic heterocycles. The fraction of sp³-hybridized carbons (Fsp3) is 0.538. The quantitative estimate of drug-likeness (QED) is 0.862. The second kappa shape index (κ2) is 5.47. The predicted octanol–water partition coefficient (Wildman–Crippen LogP) is 2.65. The number of nitrogens with two attached hydrogens (primary N) is 1. The van der Waals surface area contributed by atoms with Crippen LogP contribution in [0.1, 0.15) is 31.9 Å². The molecule has 96 valence electrons. The zero-order valence-corrected chi connectivity index (χ0v) is 10.8. The minimum Gasteiger partial charge on any atom is -0.494 e. The number of hydrogen-bond donors (Lipinski definition) is 1. The van der Waals surface area contributed by atoms with Gasteiger partial charge in [-0.25, -0.2) is 4.39 Å². The van der Waals surface area contributed by atoms with Crippen LogP contribution in [0.15, 0.2) is 18.2 Å². The van der Waals surface area contributed by atoms with Gasteiger partial charge in [-0.3, -0.25) is 0 Å². The van der Waals surface area contributed by atoms with Crippen molar-refractivity contribution >= 4 is 0 Å². The van der Waals surface area contributed by atoms with E-state index in [1.54, 1.807) is 25.3 Å². The lowest BCUT2D eigenvalue weighted by atomic mass is 9.88. The lowest BCUT2D eigenvalue weighted by Gasteiger charge is -2.33. The van der Waals surface area contributed by atoms with Crippen molar-refractivity contribution in [2.75, 3.05) is 14.2 Å². The van der Waals surface area contributed by atoms with Gasteiger partial charge in [0.15, 0.2) is 11.6 Å². The van der Waals surface area contributed by atoms with Crippen LogP contribution in [0.2, 0.25) is 0 Å². The summed E-state index contributed by atoms with van der Waals surface area (Å²) in [6.45, 7) is 3.83. The third kappa shape index (κ3) is 2.58. The Kier molecular flexibility index (Phi) is 4.48. The van der Waals surface area contributed by atoms with E-state index >= 15 is 0 Å². The maximum atomic E-state index is 14.1. The molecule has 2 N–H and O–H groups in total. The molecule has 0 saturated carbocycles. The van der Waals surface area contributed by atoms with E-state index in [2.05, 4.69) is 0 Å². The first-order valence-electron chi connectivity index (χ1n) is 5.63. The summed E-state index contributed by atoms with van der Waals surface area (Å²) in [5.74, 6) is -0.216. The van der Waals surface area contributed by atoms with Crippen molar-refractivity contribution in [3.05, 3.63) is 29.6 Å². The van der Waals surface area contributed by atoms with Gasteiger partial charge in [0.25, 0.3) is 0 Å². The number of halogens is 1. The van der Waals surface area contributed by atoms with Crippen LogP contribution in [0, 0.1) is 5.82 Å². The van der Waals surface area contributed by atoms with Crippen molar-refractivity contribution in [2.24, 2.45) is 5.73 Å². The second-order valence-electron chi connectivity index (χ2n) is 4.21. The lowest BCUT2D eigenvalue weighted by Crippen LogP contribution is -2.40. The summed E-state index contributed by atoms with van der Waals surface area (Å²) in [5, 5.41) is 0. The van der Waals surface area contributed by atoms with E-state index in [-0.39, 0.29) is 5.75 Å². The third-order valence-corrected chi connectivity index (χ3v) is 3.37. The normalized spacial score (nSPS) is 16.4. The van der Waals surface area contributed by atoms with E-state index in [0.29, 0.717) is 12.0 Å². The van der Waals surface area contributed by atoms with Gasteiger partial charge in [-0.1, -0.05) is 19.1 Å². The maximum absolute atomic E-state index is 14.1. The molecule has 17 heavy (non-hydrogen) atoms. The summed E-state index contributed by atoms with van der Waals surface area (Å²) in [5.41, 5.74) is 5.92. The highest BCUT2D eigenvalue weighted by Crippen LogP contribution is 2.33. The molecule has 0 heterocycles. The summed E-state index contributed by atoms with van der Waals surface area (Å²) in [6, 6.07) is 4.42. The van der Waals surface area contributed by atoms with Crippen LogP contribution in [0.25, 0.3) is 0 Å². The summed E-state index contributed by atoms with van der Waals surface area (Å²) in [7, 11) is 3.02. The zero-order valence-electron chi connectivity index (χ0n) is 10.8. The van der Waals surface area contributed by atoms with Crippen LogP contribution in [-0.2, 0) is 4.74 Å². The Labute approximate surface area is 102 Å². The molecule has 2 unspecified atom stereocenters. The van der Waals surface area contributed by atoms with Crippen LogP contribution in [0.5, 0.6) is 5.75 Å². The Morgan fingerprint density at radius 2 is 2.06 bits per heavy atom. The maximum Gasteiger partial charge on any atom is 0.169 e. The van der Waals surface area contributed by atoms with Crippen LogP contribution in [0.4, 0.5) is 4.39 Å². The van der Waals surface area contributed by atoms with E-state index < -0.39 is 17.5 Å². The number of hydrogen-bond acceptors (Lipinski definition) is 3. The first-order valence-corrected chi connectivity index (χ1v) is 5.63. The molecule has 0 spiro atoms. The Bertz CT molecular complexity index is 378. The smallest absolute Gasteiger partial charge is 0.169 e. The van der Waals surface area contributed by atoms with Crippen molar-refractivity contribution in [3.63, 3.8) is 0 Å². The van der Waals surface area contributed by atoms with Gasteiger partial charge in [0.2, 0.25) is 0 Å². The molecule has 0 amide bonds. The number of ether oxygens (including phenoxy) is 2. The lowest BCUT2D eigenvalue weighted by molar-refractivity contribution is -0.0203. The third-order valence-electron chi connectivity index (χ3n) is 3.37. The molecule has 0 aliphatic carbocycles. The molecule has 1 rings (SSSR count). The Morgan fingerprint density at radius 3 is 2.53 bits per heavy atom. The van der Waals surface area contributed by atoms with Gasteiger partial charge < -0.3 is 15.2 Å². The van der Waals surface area contributed by atoms with Gasteiger partial charge in [-0.15, -0.1) is 0 Å². The number of methoxy groups -OCH3 is 2. The molecule has 0 aliphatic rings. The van der Waals surface area contributed by atoms with Crippen molar-refractivity contribution < 1.29 is 13.9 Å². The topological polar surface area (TPSA) is 44.5 Å². The standard InChI is InChI=1S/C13H20FNO2/c1-5-13(2,17-4)12(15)9-7-6-8-10(16-3)11(9)14/h6-8,12H,5,15H2,1-4H3. The molecular weight excluding hydrogens is 221 g/mol. The minimum absolute atomic E-state index is 0.201. The number of rotatable bonds is 5. The average molecular weight is 241 g/mol. The van der Waals surface area contributed by atoms with Gasteiger partial charge >= 0.3 is 0 Å². The van der Waals surface area contributed by atoms with E-state index in [1.165, 1.54) is 7.11 Å². The van der Waals surface area contributed by atoms with Crippen molar-refractivity contribution in [2.45, 2.75) is 31.9 Å². The van der Waals surface area contributed by atoms with Crippen molar-refractivity contribution in [1.82, 2.24) is 0 Å². The summed E-state index contributed by atoms with van der Waals surface area (Å²) >= 11 is 0. The highest BCUT2D eigenvalue weighted by Gasteiger charge is 2.33. The van der Waals surface area contributed by atoms with E-state index in [9.17, 15) is 4.39 Å². The van der Waals surface area contributed by atoms with Gasteiger partial charge in [0.1, 0.15) is 0 Å². The highest BCUT2D eigenvalue weighted by atomic mass is 19.1. The number of benzene rings is 1. The average Bonchev–Trinajstić information content (AvgIpc) is 2.37. The summed E-state index contributed by atoms with van der Waals surface area (Å²) in [4.78, 5) is 0. The van der Waals surface area contributed by atoms with Gasteiger partial charge in [-0.05, 0) is 19.4 Å². The van der Waals surface area contributed by atoms with Gasteiger partial charge in [-0.2, -0.15) is 0 Å². The Hall–Kier alpha value is -1.13. The molecule has 0 saturated heterocycles. The Morgan fingerprint density at radius 1 is 1.41 bits per heavy atom. The molecule has 1 aromatic carbocycles. The minimum atomic E-state index is -0.590. The summed E-state index contributed by atoms with van der Waals surface area (Å²) < 4.78 is 24.4. The molecule has 0 radical (unpaired) electrons. The van der Waals surface area contributed by atoms with Gasteiger partial charge in [0.05, 0.1) is 18.8 Å². The Balaban J connectivity index is 3.16. The predicted molar refractivity (Wildman–Crippen MR) is 65.6 cm³/mol. The summed E-state index contributed by atoms with van der Waals surface area (Å²) in [6.07, 6.45) is 0.696. The van der Waals surface area contributed by atoms with E-state index in [0.717, 1.165) is 0 Å². The van der Waals surface area contributed by atoms with E-state index in [4.69, 9.17) is 15.2 Å². The molecule has 0 bridgehead atoms. The van der Waals surface area contributed by atoms with Crippen molar-refractivity contribution in [1.29, 1.82) is 0 Å². The SMILES string of the molecule is CCC(C)(OC)C(N)c1cccc(OC)c1F. The molecule has 4 heteroatoms. The molecular formula is C13H20FNO2. The first-order chi connectivity index (χ1) is 8.00. The fourth-order valence-electron chi connectivity index (χ4n) is 1.75. The highest BCUT2D eigenvalue weighted by molar-refractivity contribution is 5.34. The van der Waals surface area contributed by atoms with Crippen LogP contribution >= 0.6 is 0 Å². The first kappa shape index (κ1) is 13.9. The van der Waals surface area contributed by atoms with Crippen LogP contribution < -0.4 is 10.5 Å². The van der Waals surface area contributed by atoms with Crippen LogP contribution in [0.3, 0.4) is 0 Å². The molecule has 0 aliphatic heterocycles. The molecule has 2 atom stereocenters. The fourth-order valence-corrected chi connectivity index (χ4v) is 1.75. The zero-order chi connectivity index (χ0) is 13.1. The van der Waals surface area contributed by atoms with Crippen LogP contribution in [-0.4, -0.2) is 19.8 Å². The molecule has 0 fully saturated rings. The molecule has 3 nitrogen and oxygen atoms in total. The van der Waals surface area contributed by atoms with Gasteiger partial charge in [0, 0.05) is 12.7 Å². The largest absolute Gasteiger partial charge is 0.494 e. The monoisotopic (exact) mass is 241 g/mol. The van der Waals surface area contributed by atoms with Crippen molar-refractivity contribution in [3.8, 4) is 5.75 Å². The second-order valence-corrected chi connectivity index (χ2v) is 4.21. The van der Waals surface area contributed by atoms with E-state index in [1.807, 2.05) is 13.8 Å². The molecule has 1 aromatic rings.